The van der Waals surface area contributed by atoms with Crippen LogP contribution in [0.25, 0.3) is 0 Å². The van der Waals surface area contributed by atoms with E-state index < -0.39 is 22.2 Å². The third-order valence-corrected chi connectivity index (χ3v) is 4.64. The van der Waals surface area contributed by atoms with Crippen molar-refractivity contribution < 1.29 is 18.3 Å². The second kappa shape index (κ2) is 8.59. The van der Waals surface area contributed by atoms with Gasteiger partial charge in [-0.2, -0.15) is 17.4 Å². The van der Waals surface area contributed by atoms with E-state index >= 15 is 0 Å². The molecule has 1 atom stereocenters. The van der Waals surface area contributed by atoms with E-state index in [0.717, 1.165) is 12.8 Å². The van der Waals surface area contributed by atoms with Gasteiger partial charge in [-0.25, -0.2) is 0 Å². The molecule has 20 heavy (non-hydrogen) atoms. The number of nitrogens with one attached hydrogen (secondary N) is 1. The molecule has 0 heterocycles. The van der Waals surface area contributed by atoms with Gasteiger partial charge in [-0.3, -0.25) is 4.79 Å². The zero-order valence-corrected chi connectivity index (χ0v) is 13.9. The summed E-state index contributed by atoms with van der Waals surface area (Å²) >= 11 is 0. The standard InChI is InChI=1S/C13H28N2O4S/c1-10(2)6-8-15(9-7-11(3)4)20(18,19)14-12(5)13(16)17/h10-12,14H,6-9H2,1-5H3,(H,16,17)/t12-/m0/s1. The topological polar surface area (TPSA) is 86.7 Å². The van der Waals surface area contributed by atoms with E-state index in [-0.39, 0.29) is 0 Å². The van der Waals surface area contributed by atoms with Crippen molar-refractivity contribution in [3.8, 4) is 0 Å². The zero-order chi connectivity index (χ0) is 15.9. The van der Waals surface area contributed by atoms with Gasteiger partial charge < -0.3 is 5.11 Å². The molecule has 0 saturated heterocycles. The van der Waals surface area contributed by atoms with Gasteiger partial charge in [-0.15, -0.1) is 0 Å². The van der Waals surface area contributed by atoms with Crippen LogP contribution in [0.15, 0.2) is 0 Å². The smallest absolute Gasteiger partial charge is 0.321 e. The molecule has 7 heteroatoms. The monoisotopic (exact) mass is 308 g/mol. The summed E-state index contributed by atoms with van der Waals surface area (Å²) in [5.74, 6) is -0.395. The number of carboxylic acid groups (broad SMARTS) is 1. The summed E-state index contributed by atoms with van der Waals surface area (Å²) < 4.78 is 28.0. The van der Waals surface area contributed by atoms with Crippen molar-refractivity contribution in [3.05, 3.63) is 0 Å². The Morgan fingerprint density at radius 1 is 1.05 bits per heavy atom. The second-order valence-electron chi connectivity index (χ2n) is 5.95. The Kier molecular flexibility index (Phi) is 8.30. The van der Waals surface area contributed by atoms with Crippen LogP contribution in [-0.4, -0.2) is 42.9 Å². The molecule has 120 valence electrons. The zero-order valence-electron chi connectivity index (χ0n) is 13.1. The van der Waals surface area contributed by atoms with Crippen molar-refractivity contribution in [2.75, 3.05) is 13.1 Å². The van der Waals surface area contributed by atoms with Gasteiger partial charge in [0.25, 0.3) is 10.2 Å². The van der Waals surface area contributed by atoms with Crippen LogP contribution >= 0.6 is 0 Å². The third-order valence-electron chi connectivity index (χ3n) is 2.95. The Labute approximate surface area is 122 Å². The molecule has 0 aromatic carbocycles. The van der Waals surface area contributed by atoms with Crippen LogP contribution in [0, 0.1) is 11.8 Å². The first-order valence-electron chi connectivity index (χ1n) is 7.06. The summed E-state index contributed by atoms with van der Waals surface area (Å²) in [4.78, 5) is 10.8. The van der Waals surface area contributed by atoms with E-state index in [1.165, 1.54) is 11.2 Å². The van der Waals surface area contributed by atoms with Crippen LogP contribution in [0.2, 0.25) is 0 Å². The summed E-state index contributed by atoms with van der Waals surface area (Å²) in [6.45, 7) is 10.3. The average Bonchev–Trinajstić information content (AvgIpc) is 2.26. The summed E-state index contributed by atoms with van der Waals surface area (Å²) in [7, 11) is -3.76. The molecule has 0 radical (unpaired) electrons. The van der Waals surface area contributed by atoms with Crippen LogP contribution in [0.1, 0.15) is 47.5 Å². The van der Waals surface area contributed by atoms with E-state index in [1.807, 2.05) is 27.7 Å². The van der Waals surface area contributed by atoms with Gasteiger partial charge in [-0.05, 0) is 31.6 Å². The fraction of sp³-hybridized carbons (Fsp3) is 0.923. The Bertz CT molecular complexity index is 381. The number of hydrogen-bond acceptors (Lipinski definition) is 3. The van der Waals surface area contributed by atoms with E-state index in [0.29, 0.717) is 24.9 Å². The minimum Gasteiger partial charge on any atom is -0.480 e. The first-order valence-corrected chi connectivity index (χ1v) is 8.50. The van der Waals surface area contributed by atoms with E-state index in [1.54, 1.807) is 0 Å². The normalized spacial score (nSPS) is 14.2. The van der Waals surface area contributed by atoms with Gasteiger partial charge in [0.05, 0.1) is 0 Å². The number of carboxylic acids is 1. The van der Waals surface area contributed by atoms with Gasteiger partial charge in [0, 0.05) is 13.1 Å². The van der Waals surface area contributed by atoms with E-state index in [9.17, 15) is 13.2 Å². The molecule has 0 unspecified atom stereocenters. The molecular formula is C13H28N2O4S. The predicted octanol–water partition coefficient (Wildman–Crippen LogP) is 1.69. The molecule has 0 bridgehead atoms. The highest BCUT2D eigenvalue weighted by molar-refractivity contribution is 7.87. The minimum atomic E-state index is -3.76. The molecule has 0 aliphatic carbocycles. The van der Waals surface area contributed by atoms with Crippen molar-refractivity contribution in [1.82, 2.24) is 9.03 Å². The maximum absolute atomic E-state index is 12.2. The lowest BCUT2D eigenvalue weighted by Crippen LogP contribution is -2.48. The summed E-state index contributed by atoms with van der Waals surface area (Å²) in [5.41, 5.74) is 0. The molecule has 0 fully saturated rings. The van der Waals surface area contributed by atoms with Crippen LogP contribution in [-0.2, 0) is 15.0 Å². The van der Waals surface area contributed by atoms with Crippen LogP contribution in [0.3, 0.4) is 0 Å². The van der Waals surface area contributed by atoms with Crippen molar-refractivity contribution in [3.63, 3.8) is 0 Å². The number of nitrogens with zero attached hydrogens (tertiary/aromatic N) is 1. The van der Waals surface area contributed by atoms with E-state index in [4.69, 9.17) is 5.11 Å². The molecule has 0 aromatic heterocycles. The molecule has 0 saturated carbocycles. The maximum Gasteiger partial charge on any atom is 0.321 e. The van der Waals surface area contributed by atoms with Crippen molar-refractivity contribution in [2.45, 2.75) is 53.5 Å². The quantitative estimate of drug-likeness (QED) is 0.643. The van der Waals surface area contributed by atoms with Gasteiger partial charge in [-0.1, -0.05) is 27.7 Å². The number of rotatable bonds is 10. The second-order valence-corrected chi connectivity index (χ2v) is 7.65. The molecule has 2 N–H and O–H groups in total. The fourth-order valence-corrected chi connectivity index (χ4v) is 2.89. The number of aliphatic carboxylic acids is 1. The molecule has 0 amide bonds. The molecule has 0 aromatic rings. The first kappa shape index (κ1) is 19.3. The Balaban J connectivity index is 4.82. The number of hydrogen-bond donors (Lipinski definition) is 2. The van der Waals surface area contributed by atoms with Gasteiger partial charge in [0.1, 0.15) is 6.04 Å². The average molecular weight is 308 g/mol. The summed E-state index contributed by atoms with van der Waals surface area (Å²) in [6.07, 6.45) is 1.50. The van der Waals surface area contributed by atoms with Gasteiger partial charge >= 0.3 is 5.97 Å². The molecule has 6 nitrogen and oxygen atoms in total. The molecule has 0 aliphatic rings. The van der Waals surface area contributed by atoms with Crippen LogP contribution in [0.5, 0.6) is 0 Å². The van der Waals surface area contributed by atoms with Crippen molar-refractivity contribution >= 4 is 16.2 Å². The van der Waals surface area contributed by atoms with Crippen LogP contribution in [0.4, 0.5) is 0 Å². The lowest BCUT2D eigenvalue weighted by Gasteiger charge is -2.25. The molecule has 0 aliphatic heterocycles. The molecular weight excluding hydrogens is 280 g/mol. The Morgan fingerprint density at radius 3 is 1.75 bits per heavy atom. The summed E-state index contributed by atoms with van der Waals surface area (Å²) in [6, 6.07) is -1.12. The van der Waals surface area contributed by atoms with Gasteiger partial charge in [0.15, 0.2) is 0 Å². The fourth-order valence-electron chi connectivity index (χ4n) is 1.50. The largest absolute Gasteiger partial charge is 0.480 e. The maximum atomic E-state index is 12.2. The van der Waals surface area contributed by atoms with E-state index in [2.05, 4.69) is 4.72 Å². The summed E-state index contributed by atoms with van der Waals surface area (Å²) in [5, 5.41) is 8.82. The first-order chi connectivity index (χ1) is 9.06. The highest BCUT2D eigenvalue weighted by Crippen LogP contribution is 2.10. The Morgan fingerprint density at radius 2 is 1.45 bits per heavy atom. The lowest BCUT2D eigenvalue weighted by atomic mass is 10.1. The third kappa shape index (κ3) is 7.81. The number of carbonyl (C=O) groups is 1. The van der Waals surface area contributed by atoms with Crippen LogP contribution < -0.4 is 4.72 Å². The SMILES string of the molecule is CC(C)CCN(CCC(C)C)S(=O)(=O)N[C@@H](C)C(=O)O. The highest BCUT2D eigenvalue weighted by Gasteiger charge is 2.26. The van der Waals surface area contributed by atoms with Crippen molar-refractivity contribution in [1.29, 1.82) is 0 Å². The molecule has 0 rings (SSSR count). The van der Waals surface area contributed by atoms with Crippen molar-refractivity contribution in [2.24, 2.45) is 11.8 Å². The Hall–Kier alpha value is -0.660. The molecule has 0 spiro atoms. The highest BCUT2D eigenvalue weighted by atomic mass is 32.2. The predicted molar refractivity (Wildman–Crippen MR) is 79.6 cm³/mol. The minimum absolute atomic E-state index is 0.392. The van der Waals surface area contributed by atoms with Gasteiger partial charge in [0.2, 0.25) is 0 Å². The lowest BCUT2D eigenvalue weighted by molar-refractivity contribution is -0.138.